The van der Waals surface area contributed by atoms with E-state index in [2.05, 4.69) is 4.98 Å². The number of likely N-dealkylation sites (tertiary alicyclic amines) is 1. The van der Waals surface area contributed by atoms with Gasteiger partial charge in [-0.15, -0.1) is 0 Å². The van der Waals surface area contributed by atoms with E-state index in [0.29, 0.717) is 41.6 Å². The molecule has 1 atom stereocenters. The summed E-state index contributed by atoms with van der Waals surface area (Å²) in [5.41, 5.74) is 1.57. The number of methoxy groups -OCH3 is 1. The first-order chi connectivity index (χ1) is 17.5. The van der Waals surface area contributed by atoms with E-state index in [0.717, 1.165) is 5.56 Å². The summed E-state index contributed by atoms with van der Waals surface area (Å²) >= 11 is 0. The van der Waals surface area contributed by atoms with Gasteiger partial charge in [-0.05, 0) is 43.7 Å². The van der Waals surface area contributed by atoms with Crippen LogP contribution in [0.1, 0.15) is 36.6 Å². The lowest BCUT2D eigenvalue weighted by Gasteiger charge is -2.26. The molecule has 2 aromatic carbocycles. The van der Waals surface area contributed by atoms with Crippen LogP contribution < -0.4 is 14.2 Å². The largest absolute Gasteiger partial charge is 0.507 e. The van der Waals surface area contributed by atoms with Gasteiger partial charge in [0.2, 0.25) is 0 Å². The molecule has 0 aliphatic carbocycles. The van der Waals surface area contributed by atoms with Crippen molar-refractivity contribution >= 4 is 17.4 Å². The summed E-state index contributed by atoms with van der Waals surface area (Å²) in [7, 11) is 1.52. The Balaban J connectivity index is 1.91. The number of Topliss-reactive ketones (excluding diaryl/α,β-unsaturated/α-hetero) is 1. The lowest BCUT2D eigenvalue weighted by molar-refractivity contribution is -0.140. The Morgan fingerprint density at radius 1 is 1.00 bits per heavy atom. The summed E-state index contributed by atoms with van der Waals surface area (Å²) in [6.45, 7) is 4.61. The van der Waals surface area contributed by atoms with Gasteiger partial charge in [0.1, 0.15) is 23.0 Å². The summed E-state index contributed by atoms with van der Waals surface area (Å²) in [4.78, 5) is 32.3. The van der Waals surface area contributed by atoms with Gasteiger partial charge >= 0.3 is 0 Å². The molecule has 1 unspecified atom stereocenters. The maximum atomic E-state index is 13.4. The van der Waals surface area contributed by atoms with E-state index in [-0.39, 0.29) is 17.9 Å². The Kier molecular flexibility index (Phi) is 7.53. The Morgan fingerprint density at radius 2 is 1.78 bits per heavy atom. The zero-order valence-corrected chi connectivity index (χ0v) is 20.4. The zero-order chi connectivity index (χ0) is 25.7. The lowest BCUT2D eigenvalue weighted by Crippen LogP contribution is -2.29. The van der Waals surface area contributed by atoms with Gasteiger partial charge in [-0.3, -0.25) is 14.6 Å². The van der Waals surface area contributed by atoms with E-state index in [1.54, 1.807) is 60.9 Å². The number of hydrogen-bond donors (Lipinski definition) is 1. The smallest absolute Gasteiger partial charge is 0.295 e. The van der Waals surface area contributed by atoms with Crippen LogP contribution in [0.5, 0.6) is 17.2 Å². The van der Waals surface area contributed by atoms with Gasteiger partial charge in [-0.2, -0.15) is 0 Å². The van der Waals surface area contributed by atoms with Crippen molar-refractivity contribution in [1.82, 2.24) is 9.88 Å². The van der Waals surface area contributed by atoms with Gasteiger partial charge in [0.05, 0.1) is 37.5 Å². The third kappa shape index (κ3) is 4.75. The highest BCUT2D eigenvalue weighted by Gasteiger charge is 2.47. The van der Waals surface area contributed by atoms with Crippen LogP contribution in [-0.2, 0) is 16.1 Å². The topological polar surface area (TPSA) is 98.2 Å². The minimum Gasteiger partial charge on any atom is -0.507 e. The molecule has 1 N–H and O–H groups in total. The number of carbonyl (C=O) groups excluding carboxylic acids is 2. The number of amides is 1. The van der Waals surface area contributed by atoms with Crippen molar-refractivity contribution in [3.8, 4) is 17.2 Å². The molecule has 0 radical (unpaired) electrons. The fraction of sp³-hybridized carbons (Fsp3) is 0.250. The molecule has 0 saturated carbocycles. The van der Waals surface area contributed by atoms with Crippen LogP contribution in [0.4, 0.5) is 0 Å². The highest BCUT2D eigenvalue weighted by Crippen LogP contribution is 2.44. The summed E-state index contributed by atoms with van der Waals surface area (Å²) in [5.74, 6) is -0.439. The van der Waals surface area contributed by atoms with Crippen molar-refractivity contribution in [2.75, 3.05) is 20.3 Å². The summed E-state index contributed by atoms with van der Waals surface area (Å²) in [6.07, 6.45) is 3.27. The van der Waals surface area contributed by atoms with Gasteiger partial charge in [-0.25, -0.2) is 0 Å². The van der Waals surface area contributed by atoms with Crippen LogP contribution in [-0.4, -0.2) is 47.0 Å². The van der Waals surface area contributed by atoms with Crippen LogP contribution >= 0.6 is 0 Å². The molecule has 4 rings (SSSR count). The maximum Gasteiger partial charge on any atom is 0.295 e. The van der Waals surface area contributed by atoms with E-state index in [1.807, 2.05) is 19.9 Å². The van der Waals surface area contributed by atoms with Crippen molar-refractivity contribution in [3.05, 3.63) is 89.3 Å². The number of benzene rings is 2. The molecular formula is C28H28N2O6. The number of aliphatic hydroxyl groups excluding tert-OH is 1. The van der Waals surface area contributed by atoms with E-state index in [4.69, 9.17) is 14.2 Å². The molecule has 1 aliphatic rings. The number of pyridine rings is 1. The molecule has 1 saturated heterocycles. The average Bonchev–Trinajstić information content (AvgIpc) is 3.14. The number of ether oxygens (including phenoxy) is 3. The van der Waals surface area contributed by atoms with Crippen LogP contribution in [0.25, 0.3) is 5.76 Å². The number of hydrogen-bond acceptors (Lipinski definition) is 7. The number of rotatable bonds is 9. The van der Waals surface area contributed by atoms with Crippen molar-refractivity contribution in [3.63, 3.8) is 0 Å². The second kappa shape index (κ2) is 10.9. The molecule has 36 heavy (non-hydrogen) atoms. The first-order valence-electron chi connectivity index (χ1n) is 11.7. The number of nitrogens with zero attached hydrogens (tertiary/aromatic N) is 2. The number of aromatic nitrogens is 1. The first-order valence-corrected chi connectivity index (χ1v) is 11.7. The standard InChI is InChI=1S/C28H28N2O6/c1-4-35-19-12-13-21(23(15-19)36-5-2)26(31)24-25(20-10-6-7-11-22(20)34-3)30(28(33)27(24)32)17-18-9-8-14-29-16-18/h6-16,25,31H,4-5,17H2,1-3H3/b26-24+. The van der Waals surface area contributed by atoms with Gasteiger partial charge < -0.3 is 24.2 Å². The van der Waals surface area contributed by atoms with Crippen molar-refractivity contribution in [1.29, 1.82) is 0 Å². The molecule has 2 heterocycles. The monoisotopic (exact) mass is 488 g/mol. The Bertz CT molecular complexity index is 1290. The predicted octanol–water partition coefficient (Wildman–Crippen LogP) is 4.51. The molecule has 0 bridgehead atoms. The van der Waals surface area contributed by atoms with Crippen molar-refractivity contribution < 1.29 is 28.9 Å². The van der Waals surface area contributed by atoms with E-state index in [9.17, 15) is 14.7 Å². The van der Waals surface area contributed by atoms with Crippen LogP contribution in [0.2, 0.25) is 0 Å². The van der Waals surface area contributed by atoms with E-state index < -0.39 is 17.7 Å². The van der Waals surface area contributed by atoms with E-state index >= 15 is 0 Å². The first kappa shape index (κ1) is 24.8. The molecule has 8 nitrogen and oxygen atoms in total. The van der Waals surface area contributed by atoms with Crippen molar-refractivity contribution in [2.45, 2.75) is 26.4 Å². The molecule has 1 amide bonds. The SMILES string of the molecule is CCOc1ccc(/C(O)=C2\C(=O)C(=O)N(Cc3cccnc3)C2c2ccccc2OC)c(OCC)c1. The predicted molar refractivity (Wildman–Crippen MR) is 134 cm³/mol. The third-order valence-corrected chi connectivity index (χ3v) is 5.87. The molecule has 0 spiro atoms. The number of aliphatic hydroxyl groups is 1. The molecule has 8 heteroatoms. The van der Waals surface area contributed by atoms with Crippen molar-refractivity contribution in [2.24, 2.45) is 0 Å². The van der Waals surface area contributed by atoms with E-state index in [1.165, 1.54) is 12.0 Å². The average molecular weight is 489 g/mol. The molecule has 1 fully saturated rings. The molecular weight excluding hydrogens is 460 g/mol. The Morgan fingerprint density at radius 3 is 2.47 bits per heavy atom. The zero-order valence-electron chi connectivity index (χ0n) is 20.4. The second-order valence-corrected chi connectivity index (χ2v) is 8.05. The molecule has 1 aliphatic heterocycles. The maximum absolute atomic E-state index is 13.4. The minimum atomic E-state index is -0.887. The summed E-state index contributed by atoms with van der Waals surface area (Å²) in [5, 5.41) is 11.5. The second-order valence-electron chi connectivity index (χ2n) is 8.05. The molecule has 1 aromatic heterocycles. The van der Waals surface area contributed by atoms with Gasteiger partial charge in [-0.1, -0.05) is 24.3 Å². The van der Waals surface area contributed by atoms with Gasteiger partial charge in [0, 0.05) is 30.6 Å². The van der Waals surface area contributed by atoms with Crippen LogP contribution in [0.3, 0.4) is 0 Å². The number of carbonyl (C=O) groups is 2. The highest BCUT2D eigenvalue weighted by molar-refractivity contribution is 6.46. The molecule has 3 aromatic rings. The van der Waals surface area contributed by atoms with Crippen LogP contribution in [0, 0.1) is 0 Å². The quantitative estimate of drug-likeness (QED) is 0.269. The summed E-state index contributed by atoms with van der Waals surface area (Å²) in [6, 6.07) is 14.8. The number of para-hydroxylation sites is 1. The molecule has 186 valence electrons. The number of ketones is 1. The summed E-state index contributed by atoms with van der Waals surface area (Å²) < 4.78 is 16.9. The minimum absolute atomic E-state index is 0.0431. The Hall–Kier alpha value is -4.33. The normalized spacial score (nSPS) is 16.8. The fourth-order valence-electron chi connectivity index (χ4n) is 4.32. The van der Waals surface area contributed by atoms with Gasteiger partial charge in [0.15, 0.2) is 0 Å². The highest BCUT2D eigenvalue weighted by atomic mass is 16.5. The van der Waals surface area contributed by atoms with Crippen LogP contribution in [0.15, 0.2) is 72.6 Å². The van der Waals surface area contributed by atoms with Gasteiger partial charge in [0.25, 0.3) is 11.7 Å². The Labute approximate surface area is 209 Å². The lowest BCUT2D eigenvalue weighted by atomic mass is 9.94. The third-order valence-electron chi connectivity index (χ3n) is 5.87. The fourth-order valence-corrected chi connectivity index (χ4v) is 4.32.